The first kappa shape index (κ1) is 14.9. The van der Waals surface area contributed by atoms with E-state index in [0.29, 0.717) is 25.3 Å². The highest BCUT2D eigenvalue weighted by Gasteiger charge is 2.27. The molecular weight excluding hydrogens is 218 g/mol. The maximum absolute atomic E-state index is 9.80. The van der Waals surface area contributed by atoms with E-state index in [1.165, 1.54) is 6.42 Å². The minimum atomic E-state index is -0.452. The van der Waals surface area contributed by atoms with Gasteiger partial charge in [-0.15, -0.1) is 0 Å². The summed E-state index contributed by atoms with van der Waals surface area (Å²) in [6, 6.07) is 0.379. The molecule has 4 nitrogen and oxygen atoms in total. The van der Waals surface area contributed by atoms with E-state index in [0.717, 1.165) is 12.8 Å². The molecule has 17 heavy (non-hydrogen) atoms. The number of hydrogen-bond acceptors (Lipinski definition) is 4. The minimum Gasteiger partial charge on any atom is -0.389 e. The Morgan fingerprint density at radius 2 is 2.06 bits per heavy atom. The van der Waals surface area contributed by atoms with Crippen LogP contribution in [-0.4, -0.2) is 49.2 Å². The Labute approximate surface area is 105 Å². The first-order valence-electron chi connectivity index (χ1n) is 6.50. The summed E-state index contributed by atoms with van der Waals surface area (Å²) >= 11 is 0. The van der Waals surface area contributed by atoms with E-state index in [1.807, 2.05) is 20.8 Å². The lowest BCUT2D eigenvalue weighted by Crippen LogP contribution is -2.42. The third kappa shape index (κ3) is 5.82. The van der Waals surface area contributed by atoms with Gasteiger partial charge in [0.15, 0.2) is 0 Å². The molecule has 1 aliphatic rings. The molecule has 1 aliphatic carbocycles. The fraction of sp³-hybridized carbons (Fsp3) is 1.00. The predicted octanol–water partition coefficient (Wildman–Crippen LogP) is 1.32. The number of nitrogens with one attached hydrogen (secondary N) is 1. The Bertz CT molecular complexity index is 215. The molecule has 0 spiro atoms. The van der Waals surface area contributed by atoms with Crippen LogP contribution in [0.25, 0.3) is 0 Å². The summed E-state index contributed by atoms with van der Waals surface area (Å²) in [7, 11) is 1.75. The van der Waals surface area contributed by atoms with Gasteiger partial charge in [0.2, 0.25) is 0 Å². The number of aliphatic hydroxyl groups excluding tert-OH is 1. The molecule has 0 heterocycles. The van der Waals surface area contributed by atoms with E-state index in [2.05, 4.69) is 5.32 Å². The fourth-order valence-electron chi connectivity index (χ4n) is 2.13. The lowest BCUT2D eigenvalue weighted by atomic mass is 10.2. The molecule has 3 atom stereocenters. The highest BCUT2D eigenvalue weighted by Crippen LogP contribution is 2.21. The Balaban J connectivity index is 2.17. The highest BCUT2D eigenvalue weighted by atomic mass is 16.5. The summed E-state index contributed by atoms with van der Waals surface area (Å²) in [5.41, 5.74) is -0.191. The second kappa shape index (κ2) is 6.69. The zero-order valence-corrected chi connectivity index (χ0v) is 11.5. The molecule has 0 amide bonds. The van der Waals surface area contributed by atoms with Crippen molar-refractivity contribution in [2.24, 2.45) is 0 Å². The van der Waals surface area contributed by atoms with Gasteiger partial charge in [-0.05, 0) is 40.0 Å². The summed E-state index contributed by atoms with van der Waals surface area (Å²) in [6.45, 7) is 6.92. The molecule has 4 heteroatoms. The number of hydrogen-bond donors (Lipinski definition) is 2. The first-order chi connectivity index (χ1) is 7.92. The molecule has 0 bridgehead atoms. The summed E-state index contributed by atoms with van der Waals surface area (Å²) < 4.78 is 10.9. The van der Waals surface area contributed by atoms with E-state index in [1.54, 1.807) is 7.11 Å². The summed E-state index contributed by atoms with van der Waals surface area (Å²) in [4.78, 5) is 0. The fourth-order valence-corrected chi connectivity index (χ4v) is 2.13. The second-order valence-electron chi connectivity index (χ2n) is 5.80. The van der Waals surface area contributed by atoms with Gasteiger partial charge in [-0.1, -0.05) is 0 Å². The number of aliphatic hydroxyl groups is 1. The zero-order chi connectivity index (χ0) is 12.9. The minimum absolute atomic E-state index is 0.191. The maximum Gasteiger partial charge on any atom is 0.0898 e. The molecule has 2 N–H and O–H groups in total. The van der Waals surface area contributed by atoms with Crippen molar-refractivity contribution in [2.45, 2.75) is 63.9 Å². The van der Waals surface area contributed by atoms with E-state index >= 15 is 0 Å². The van der Waals surface area contributed by atoms with Crippen LogP contribution in [0.2, 0.25) is 0 Å². The number of methoxy groups -OCH3 is 1. The number of ether oxygens (including phenoxy) is 2. The maximum atomic E-state index is 9.80. The van der Waals surface area contributed by atoms with Gasteiger partial charge in [-0.3, -0.25) is 0 Å². The van der Waals surface area contributed by atoms with Crippen molar-refractivity contribution in [3.8, 4) is 0 Å². The molecule has 0 saturated heterocycles. The van der Waals surface area contributed by atoms with E-state index < -0.39 is 6.10 Å². The van der Waals surface area contributed by atoms with Crippen LogP contribution in [0.15, 0.2) is 0 Å². The molecule has 1 fully saturated rings. The lowest BCUT2D eigenvalue weighted by molar-refractivity contribution is -0.0492. The zero-order valence-electron chi connectivity index (χ0n) is 11.5. The summed E-state index contributed by atoms with van der Waals surface area (Å²) in [5, 5.41) is 13.2. The molecule has 3 unspecified atom stereocenters. The Morgan fingerprint density at radius 3 is 2.65 bits per heavy atom. The van der Waals surface area contributed by atoms with Crippen LogP contribution in [0.3, 0.4) is 0 Å². The topological polar surface area (TPSA) is 50.7 Å². The second-order valence-corrected chi connectivity index (χ2v) is 5.80. The van der Waals surface area contributed by atoms with Gasteiger partial charge in [0, 0.05) is 19.7 Å². The summed E-state index contributed by atoms with van der Waals surface area (Å²) in [5.74, 6) is 0. The van der Waals surface area contributed by atoms with Crippen LogP contribution >= 0.6 is 0 Å². The first-order valence-corrected chi connectivity index (χ1v) is 6.50. The molecule has 0 aromatic carbocycles. The van der Waals surface area contributed by atoms with Gasteiger partial charge in [-0.2, -0.15) is 0 Å². The quantitative estimate of drug-likeness (QED) is 0.741. The van der Waals surface area contributed by atoms with Gasteiger partial charge in [0.25, 0.3) is 0 Å². The molecule has 0 aromatic heterocycles. The van der Waals surface area contributed by atoms with Gasteiger partial charge >= 0.3 is 0 Å². The van der Waals surface area contributed by atoms with Gasteiger partial charge in [-0.25, -0.2) is 0 Å². The van der Waals surface area contributed by atoms with Crippen LogP contribution in [0.1, 0.15) is 40.0 Å². The average molecular weight is 245 g/mol. The van der Waals surface area contributed by atoms with Gasteiger partial charge < -0.3 is 19.9 Å². The van der Waals surface area contributed by atoms with Crippen molar-refractivity contribution in [3.63, 3.8) is 0 Å². The van der Waals surface area contributed by atoms with Crippen molar-refractivity contribution < 1.29 is 14.6 Å². The van der Waals surface area contributed by atoms with Crippen LogP contribution in [0.5, 0.6) is 0 Å². The standard InChI is InChI=1S/C13H27NO3/c1-13(2,3)17-9-10(15)8-14-11-6-5-7-12(11)16-4/h10-12,14-15H,5-9H2,1-4H3. The Hall–Kier alpha value is -0.160. The van der Waals surface area contributed by atoms with Crippen molar-refractivity contribution >= 4 is 0 Å². The molecule has 0 radical (unpaired) electrons. The normalized spacial score (nSPS) is 27.4. The van der Waals surface area contributed by atoms with Gasteiger partial charge in [0.1, 0.15) is 0 Å². The Kier molecular flexibility index (Phi) is 5.86. The monoisotopic (exact) mass is 245 g/mol. The smallest absolute Gasteiger partial charge is 0.0898 e. The molecule has 1 rings (SSSR count). The Morgan fingerprint density at radius 1 is 1.35 bits per heavy atom. The van der Waals surface area contributed by atoms with Crippen LogP contribution < -0.4 is 5.32 Å². The third-order valence-electron chi connectivity index (χ3n) is 3.08. The van der Waals surface area contributed by atoms with E-state index in [-0.39, 0.29) is 5.60 Å². The molecule has 102 valence electrons. The molecule has 0 aliphatic heterocycles. The predicted molar refractivity (Wildman–Crippen MR) is 68.2 cm³/mol. The molecule has 1 saturated carbocycles. The lowest BCUT2D eigenvalue weighted by Gasteiger charge is -2.24. The van der Waals surface area contributed by atoms with Crippen molar-refractivity contribution in [1.29, 1.82) is 0 Å². The van der Waals surface area contributed by atoms with Gasteiger partial charge in [0.05, 0.1) is 24.4 Å². The number of rotatable bonds is 6. The largest absolute Gasteiger partial charge is 0.389 e. The van der Waals surface area contributed by atoms with Crippen LogP contribution in [0, 0.1) is 0 Å². The van der Waals surface area contributed by atoms with Crippen molar-refractivity contribution in [3.05, 3.63) is 0 Å². The molecular formula is C13H27NO3. The van der Waals surface area contributed by atoms with Crippen LogP contribution in [-0.2, 0) is 9.47 Å². The molecule has 0 aromatic rings. The van der Waals surface area contributed by atoms with E-state index in [9.17, 15) is 5.11 Å². The SMILES string of the molecule is COC1CCCC1NCC(O)COC(C)(C)C. The van der Waals surface area contributed by atoms with Crippen molar-refractivity contribution in [1.82, 2.24) is 5.32 Å². The van der Waals surface area contributed by atoms with E-state index in [4.69, 9.17) is 9.47 Å². The summed E-state index contributed by atoms with van der Waals surface area (Å²) in [6.07, 6.45) is 3.29. The average Bonchev–Trinajstić information content (AvgIpc) is 2.69. The highest BCUT2D eigenvalue weighted by molar-refractivity contribution is 4.84. The van der Waals surface area contributed by atoms with Crippen LogP contribution in [0.4, 0.5) is 0 Å². The van der Waals surface area contributed by atoms with Crippen molar-refractivity contribution in [2.75, 3.05) is 20.3 Å². The third-order valence-corrected chi connectivity index (χ3v) is 3.08.